The number of carbonyl (C=O) groups excluding carboxylic acids is 1. The fourth-order valence-corrected chi connectivity index (χ4v) is 3.26. The summed E-state index contributed by atoms with van der Waals surface area (Å²) in [7, 11) is 0. The van der Waals surface area contributed by atoms with Crippen molar-refractivity contribution in [3.8, 4) is 11.5 Å². The van der Waals surface area contributed by atoms with E-state index in [1.54, 1.807) is 10.8 Å². The van der Waals surface area contributed by atoms with Crippen LogP contribution in [0, 0.1) is 6.92 Å². The highest BCUT2D eigenvalue weighted by molar-refractivity contribution is 6.31. The predicted octanol–water partition coefficient (Wildman–Crippen LogP) is 4.70. The second-order valence-corrected chi connectivity index (χ2v) is 7.10. The minimum atomic E-state index is -0.550. The second kappa shape index (κ2) is 9.40. The van der Waals surface area contributed by atoms with Crippen molar-refractivity contribution in [1.82, 2.24) is 20.0 Å². The van der Waals surface area contributed by atoms with Gasteiger partial charge in [0.05, 0.1) is 12.2 Å². The molecule has 0 aliphatic rings. The maximum atomic E-state index is 12.1. The number of hydrogen-bond donors (Lipinski definition) is 0. The first kappa shape index (κ1) is 20.6. The second-order valence-electron chi connectivity index (χ2n) is 6.74. The van der Waals surface area contributed by atoms with Crippen LogP contribution in [0.25, 0.3) is 17.5 Å². The fraction of sp³-hybridized carbons (Fsp3) is 0.130. The number of carbonyl (C=O) groups is 1. The fourth-order valence-electron chi connectivity index (χ4n) is 2.96. The Hall–Kier alpha value is -3.71. The maximum absolute atomic E-state index is 12.1. The normalized spacial score (nSPS) is 11.2. The van der Waals surface area contributed by atoms with Crippen LogP contribution in [-0.2, 0) is 22.7 Å². The first-order valence-electron chi connectivity index (χ1n) is 9.59. The predicted molar refractivity (Wildman–Crippen MR) is 116 cm³/mol. The molecule has 4 aromatic rings. The van der Waals surface area contributed by atoms with Crippen molar-refractivity contribution in [3.05, 3.63) is 94.6 Å². The quantitative estimate of drug-likeness (QED) is 0.309. The molecular weight excluding hydrogens is 416 g/mol. The van der Waals surface area contributed by atoms with Gasteiger partial charge >= 0.3 is 5.97 Å². The third-order valence-electron chi connectivity index (χ3n) is 4.50. The third kappa shape index (κ3) is 5.07. The minimum Gasteiger partial charge on any atom is -0.452 e. The number of halogens is 1. The molecule has 0 aliphatic heterocycles. The van der Waals surface area contributed by atoms with Crippen LogP contribution in [0.1, 0.15) is 22.7 Å². The molecule has 31 heavy (non-hydrogen) atoms. The van der Waals surface area contributed by atoms with E-state index < -0.39 is 5.97 Å². The van der Waals surface area contributed by atoms with Gasteiger partial charge in [-0.2, -0.15) is 5.10 Å². The average molecular weight is 435 g/mol. The lowest BCUT2D eigenvalue weighted by molar-refractivity contribution is -0.139. The van der Waals surface area contributed by atoms with E-state index in [0.717, 1.165) is 16.8 Å². The number of nitrogens with zero attached hydrogens (tertiary/aromatic N) is 4. The van der Waals surface area contributed by atoms with Gasteiger partial charge in [-0.05, 0) is 30.7 Å². The van der Waals surface area contributed by atoms with Gasteiger partial charge < -0.3 is 9.15 Å². The highest BCUT2D eigenvalue weighted by Crippen LogP contribution is 2.22. The van der Waals surface area contributed by atoms with Gasteiger partial charge in [-0.3, -0.25) is 0 Å². The number of ether oxygens (including phenoxy) is 1. The van der Waals surface area contributed by atoms with Crippen molar-refractivity contribution in [1.29, 1.82) is 0 Å². The Bertz CT molecular complexity index is 1200. The summed E-state index contributed by atoms with van der Waals surface area (Å²) in [5.41, 5.74) is 3.26. The van der Waals surface area contributed by atoms with Gasteiger partial charge in [-0.1, -0.05) is 60.1 Å². The molecule has 2 aromatic heterocycles. The lowest BCUT2D eigenvalue weighted by atomic mass is 10.2. The van der Waals surface area contributed by atoms with Gasteiger partial charge in [-0.25, -0.2) is 9.48 Å². The summed E-state index contributed by atoms with van der Waals surface area (Å²) in [5, 5.41) is 12.8. The van der Waals surface area contributed by atoms with Crippen molar-refractivity contribution in [2.24, 2.45) is 0 Å². The zero-order valence-electron chi connectivity index (χ0n) is 16.7. The van der Waals surface area contributed by atoms with Gasteiger partial charge in [0.15, 0.2) is 6.61 Å². The lowest BCUT2D eigenvalue weighted by Crippen LogP contribution is -2.02. The molecule has 0 aliphatic carbocycles. The third-order valence-corrected chi connectivity index (χ3v) is 4.89. The summed E-state index contributed by atoms with van der Waals surface area (Å²) in [6, 6.07) is 19.2. The Morgan fingerprint density at radius 1 is 1.10 bits per heavy atom. The first-order chi connectivity index (χ1) is 15.1. The largest absolute Gasteiger partial charge is 0.452 e. The summed E-state index contributed by atoms with van der Waals surface area (Å²) in [6.07, 6.45) is 2.90. The van der Waals surface area contributed by atoms with Gasteiger partial charge in [0, 0.05) is 17.2 Å². The van der Waals surface area contributed by atoms with E-state index >= 15 is 0 Å². The average Bonchev–Trinajstić information content (AvgIpc) is 3.37. The molecule has 2 aromatic carbocycles. The zero-order chi connectivity index (χ0) is 21.6. The molecule has 0 bridgehead atoms. The molecule has 8 heteroatoms. The zero-order valence-corrected chi connectivity index (χ0v) is 17.5. The monoisotopic (exact) mass is 434 g/mol. The molecule has 156 valence electrons. The lowest BCUT2D eigenvalue weighted by Gasteiger charge is -2.03. The maximum Gasteiger partial charge on any atom is 0.331 e. The van der Waals surface area contributed by atoms with Crippen LogP contribution in [0.3, 0.4) is 0 Å². The molecule has 2 heterocycles. The summed E-state index contributed by atoms with van der Waals surface area (Å²) >= 11 is 6.46. The molecular formula is C23H19ClN4O3. The minimum absolute atomic E-state index is 0.122. The van der Waals surface area contributed by atoms with E-state index in [9.17, 15) is 4.79 Å². The van der Waals surface area contributed by atoms with Gasteiger partial charge in [-0.15, -0.1) is 10.2 Å². The molecule has 0 N–H and O–H groups in total. The van der Waals surface area contributed by atoms with E-state index in [1.165, 1.54) is 6.08 Å². The van der Waals surface area contributed by atoms with Crippen LogP contribution >= 0.6 is 11.6 Å². The standard InChI is InChI=1S/C23H19ClN4O3/c1-16-19(22(24)28(27-16)14-17-8-4-2-5-9-17)12-13-21(29)30-15-20-25-26-23(31-20)18-10-6-3-7-11-18/h2-13H,14-15H2,1H3/b13-12+. The van der Waals surface area contributed by atoms with Crippen LogP contribution < -0.4 is 0 Å². The van der Waals surface area contributed by atoms with Crippen LogP contribution in [0.4, 0.5) is 0 Å². The Labute approximate surface area is 183 Å². The van der Waals surface area contributed by atoms with E-state index in [0.29, 0.717) is 23.2 Å². The van der Waals surface area contributed by atoms with E-state index in [-0.39, 0.29) is 12.5 Å². The number of aryl methyl sites for hydroxylation is 1. The number of hydrogen-bond acceptors (Lipinski definition) is 6. The van der Waals surface area contributed by atoms with Crippen molar-refractivity contribution in [2.45, 2.75) is 20.1 Å². The highest BCUT2D eigenvalue weighted by Gasteiger charge is 2.13. The van der Waals surface area contributed by atoms with E-state index in [2.05, 4.69) is 15.3 Å². The molecule has 0 saturated carbocycles. The van der Waals surface area contributed by atoms with Crippen LogP contribution in [0.2, 0.25) is 5.15 Å². The number of benzene rings is 2. The Balaban J connectivity index is 1.37. The van der Waals surface area contributed by atoms with Crippen molar-refractivity contribution in [2.75, 3.05) is 0 Å². The van der Waals surface area contributed by atoms with Crippen molar-refractivity contribution in [3.63, 3.8) is 0 Å². The first-order valence-corrected chi connectivity index (χ1v) is 9.97. The molecule has 0 unspecified atom stereocenters. The molecule has 0 amide bonds. The Morgan fingerprint density at radius 3 is 2.55 bits per heavy atom. The Kier molecular flexibility index (Phi) is 6.24. The molecule has 0 saturated heterocycles. The molecule has 0 atom stereocenters. The molecule has 4 rings (SSSR count). The van der Waals surface area contributed by atoms with Crippen molar-refractivity contribution >= 4 is 23.6 Å². The number of esters is 1. The molecule has 0 spiro atoms. The van der Waals surface area contributed by atoms with Crippen LogP contribution in [0.15, 0.2) is 71.2 Å². The van der Waals surface area contributed by atoms with Gasteiger partial charge in [0.25, 0.3) is 5.89 Å². The summed E-state index contributed by atoms with van der Waals surface area (Å²) in [5.74, 6) is 0.0339. The van der Waals surface area contributed by atoms with Gasteiger partial charge in [0.1, 0.15) is 5.15 Å². The molecule has 0 fully saturated rings. The molecule has 0 radical (unpaired) electrons. The number of aromatic nitrogens is 4. The smallest absolute Gasteiger partial charge is 0.331 e. The van der Waals surface area contributed by atoms with E-state index in [1.807, 2.05) is 67.6 Å². The van der Waals surface area contributed by atoms with E-state index in [4.69, 9.17) is 20.8 Å². The summed E-state index contributed by atoms with van der Waals surface area (Å²) in [4.78, 5) is 12.1. The Morgan fingerprint density at radius 2 is 1.81 bits per heavy atom. The topological polar surface area (TPSA) is 83.0 Å². The highest BCUT2D eigenvalue weighted by atomic mass is 35.5. The van der Waals surface area contributed by atoms with Gasteiger partial charge in [0.2, 0.25) is 5.89 Å². The van der Waals surface area contributed by atoms with Crippen LogP contribution in [0.5, 0.6) is 0 Å². The van der Waals surface area contributed by atoms with Crippen molar-refractivity contribution < 1.29 is 13.9 Å². The number of rotatable bonds is 7. The summed E-state index contributed by atoms with van der Waals surface area (Å²) in [6.45, 7) is 2.25. The van der Waals surface area contributed by atoms with Crippen LogP contribution in [-0.4, -0.2) is 25.9 Å². The SMILES string of the molecule is Cc1nn(Cc2ccccc2)c(Cl)c1/C=C/C(=O)OCc1nnc(-c2ccccc2)o1. The summed E-state index contributed by atoms with van der Waals surface area (Å²) < 4.78 is 12.4. The molecule has 7 nitrogen and oxygen atoms in total.